The van der Waals surface area contributed by atoms with E-state index < -0.39 is 0 Å². The Bertz CT molecular complexity index is 403. The first-order chi connectivity index (χ1) is 8.20. The molecule has 2 rings (SSSR count). The zero-order valence-corrected chi connectivity index (χ0v) is 10.4. The summed E-state index contributed by atoms with van der Waals surface area (Å²) in [6.45, 7) is 3.47. The van der Waals surface area contributed by atoms with Crippen LogP contribution < -0.4 is 10.6 Å². The number of amides is 1. The zero-order chi connectivity index (χ0) is 12.3. The SMILES string of the molecule is Cc1cccc(N2CC(CN)CCCC2=O)c1. The Hall–Kier alpha value is -1.35. The second kappa shape index (κ2) is 5.32. The van der Waals surface area contributed by atoms with E-state index in [1.54, 1.807) is 0 Å². The molecule has 2 N–H and O–H groups in total. The molecule has 17 heavy (non-hydrogen) atoms. The molecule has 1 amide bonds. The third-order valence-corrected chi connectivity index (χ3v) is 3.39. The van der Waals surface area contributed by atoms with E-state index in [1.807, 2.05) is 30.0 Å². The van der Waals surface area contributed by atoms with Crippen molar-refractivity contribution in [2.45, 2.75) is 26.2 Å². The molecule has 1 atom stereocenters. The summed E-state index contributed by atoms with van der Waals surface area (Å²) in [5.74, 6) is 0.661. The minimum Gasteiger partial charge on any atom is -0.330 e. The van der Waals surface area contributed by atoms with Crippen LogP contribution in [0.2, 0.25) is 0 Å². The van der Waals surface area contributed by atoms with Crippen LogP contribution in [0.25, 0.3) is 0 Å². The van der Waals surface area contributed by atoms with Gasteiger partial charge in [0.1, 0.15) is 0 Å². The second-order valence-corrected chi connectivity index (χ2v) is 4.84. The number of carbonyl (C=O) groups is 1. The van der Waals surface area contributed by atoms with E-state index in [0.717, 1.165) is 25.1 Å². The summed E-state index contributed by atoms with van der Waals surface area (Å²) in [6, 6.07) is 8.12. The Morgan fingerprint density at radius 3 is 3.00 bits per heavy atom. The van der Waals surface area contributed by atoms with Gasteiger partial charge >= 0.3 is 0 Å². The number of benzene rings is 1. The molecule has 1 aliphatic heterocycles. The minimum absolute atomic E-state index is 0.228. The van der Waals surface area contributed by atoms with E-state index >= 15 is 0 Å². The smallest absolute Gasteiger partial charge is 0.226 e. The highest BCUT2D eigenvalue weighted by Gasteiger charge is 2.23. The summed E-state index contributed by atoms with van der Waals surface area (Å²) in [7, 11) is 0. The quantitative estimate of drug-likeness (QED) is 0.848. The number of nitrogens with two attached hydrogens (primary N) is 1. The Kier molecular flexibility index (Phi) is 3.79. The van der Waals surface area contributed by atoms with Crippen molar-refractivity contribution in [3.8, 4) is 0 Å². The summed E-state index contributed by atoms with van der Waals surface area (Å²) in [5.41, 5.74) is 7.94. The van der Waals surface area contributed by atoms with Crippen molar-refractivity contribution in [3.63, 3.8) is 0 Å². The fraction of sp³-hybridized carbons (Fsp3) is 0.500. The second-order valence-electron chi connectivity index (χ2n) is 4.84. The summed E-state index contributed by atoms with van der Waals surface area (Å²) < 4.78 is 0. The largest absolute Gasteiger partial charge is 0.330 e. The van der Waals surface area contributed by atoms with Crippen molar-refractivity contribution in [3.05, 3.63) is 29.8 Å². The van der Waals surface area contributed by atoms with Crippen LogP contribution in [-0.2, 0) is 4.79 Å². The lowest BCUT2D eigenvalue weighted by molar-refractivity contribution is -0.118. The van der Waals surface area contributed by atoms with Gasteiger partial charge < -0.3 is 10.6 Å². The molecular formula is C14H20N2O. The summed E-state index contributed by atoms with van der Waals surface area (Å²) in [4.78, 5) is 14.0. The van der Waals surface area contributed by atoms with E-state index in [4.69, 9.17) is 5.73 Å². The Balaban J connectivity index is 2.24. The van der Waals surface area contributed by atoms with Crippen LogP contribution >= 0.6 is 0 Å². The molecule has 0 aromatic heterocycles. The first-order valence-corrected chi connectivity index (χ1v) is 6.28. The molecule has 1 heterocycles. The molecule has 0 spiro atoms. The molecule has 92 valence electrons. The van der Waals surface area contributed by atoms with Gasteiger partial charge in [-0.15, -0.1) is 0 Å². The number of carbonyl (C=O) groups excluding carboxylic acids is 1. The van der Waals surface area contributed by atoms with E-state index in [2.05, 4.69) is 6.07 Å². The van der Waals surface area contributed by atoms with Crippen molar-refractivity contribution in [1.29, 1.82) is 0 Å². The lowest BCUT2D eigenvalue weighted by atomic mass is 10.0. The molecule has 1 aromatic rings. The van der Waals surface area contributed by atoms with Gasteiger partial charge in [-0.25, -0.2) is 0 Å². The molecular weight excluding hydrogens is 212 g/mol. The van der Waals surface area contributed by atoms with Gasteiger partial charge in [0.25, 0.3) is 0 Å². The van der Waals surface area contributed by atoms with Crippen LogP contribution in [0.15, 0.2) is 24.3 Å². The summed E-state index contributed by atoms with van der Waals surface area (Å²) in [5, 5.41) is 0. The van der Waals surface area contributed by atoms with Gasteiger partial charge in [0.2, 0.25) is 5.91 Å². The molecule has 3 heteroatoms. The van der Waals surface area contributed by atoms with E-state index in [1.165, 1.54) is 5.56 Å². The first kappa shape index (κ1) is 12.1. The average molecular weight is 232 g/mol. The van der Waals surface area contributed by atoms with Gasteiger partial charge in [-0.2, -0.15) is 0 Å². The third-order valence-electron chi connectivity index (χ3n) is 3.39. The van der Waals surface area contributed by atoms with Gasteiger partial charge in [0, 0.05) is 18.7 Å². The van der Waals surface area contributed by atoms with E-state index in [9.17, 15) is 4.79 Å². The van der Waals surface area contributed by atoms with Crippen molar-refractivity contribution in [2.75, 3.05) is 18.0 Å². The number of hydrogen-bond acceptors (Lipinski definition) is 2. The van der Waals surface area contributed by atoms with Crippen molar-refractivity contribution < 1.29 is 4.79 Å². The topological polar surface area (TPSA) is 46.3 Å². The molecule has 3 nitrogen and oxygen atoms in total. The molecule has 1 saturated heterocycles. The Labute approximate surface area is 103 Å². The van der Waals surface area contributed by atoms with Crippen LogP contribution in [0.4, 0.5) is 5.69 Å². The maximum atomic E-state index is 12.1. The van der Waals surface area contributed by atoms with Crippen LogP contribution in [0.1, 0.15) is 24.8 Å². The molecule has 1 aliphatic rings. The number of hydrogen-bond donors (Lipinski definition) is 1. The standard InChI is InChI=1S/C14H20N2O/c1-11-4-2-6-13(8-11)16-10-12(9-15)5-3-7-14(16)17/h2,4,6,8,12H,3,5,7,9-10,15H2,1H3. The van der Waals surface area contributed by atoms with Crippen molar-refractivity contribution in [1.82, 2.24) is 0 Å². The maximum Gasteiger partial charge on any atom is 0.226 e. The third kappa shape index (κ3) is 2.86. The summed E-state index contributed by atoms with van der Waals surface area (Å²) in [6.07, 6.45) is 2.66. The van der Waals surface area contributed by atoms with Crippen LogP contribution in [0.3, 0.4) is 0 Å². The fourth-order valence-electron chi connectivity index (χ4n) is 2.37. The van der Waals surface area contributed by atoms with E-state index in [0.29, 0.717) is 18.9 Å². The Morgan fingerprint density at radius 1 is 1.47 bits per heavy atom. The van der Waals surface area contributed by atoms with Crippen molar-refractivity contribution in [2.24, 2.45) is 11.7 Å². The number of aryl methyl sites for hydroxylation is 1. The molecule has 0 saturated carbocycles. The molecule has 1 unspecified atom stereocenters. The lowest BCUT2D eigenvalue weighted by Gasteiger charge is -2.24. The van der Waals surface area contributed by atoms with Gasteiger partial charge in [0.05, 0.1) is 0 Å². The predicted molar refractivity (Wildman–Crippen MR) is 69.9 cm³/mol. The maximum absolute atomic E-state index is 12.1. The highest BCUT2D eigenvalue weighted by molar-refractivity contribution is 5.93. The molecule has 0 bridgehead atoms. The highest BCUT2D eigenvalue weighted by Crippen LogP contribution is 2.23. The zero-order valence-electron chi connectivity index (χ0n) is 10.4. The minimum atomic E-state index is 0.228. The summed E-state index contributed by atoms with van der Waals surface area (Å²) >= 11 is 0. The van der Waals surface area contributed by atoms with Gasteiger partial charge in [-0.1, -0.05) is 12.1 Å². The molecule has 1 fully saturated rings. The monoisotopic (exact) mass is 232 g/mol. The van der Waals surface area contributed by atoms with Crippen LogP contribution in [0, 0.1) is 12.8 Å². The Morgan fingerprint density at radius 2 is 2.29 bits per heavy atom. The number of nitrogens with zero attached hydrogens (tertiary/aromatic N) is 1. The van der Waals surface area contributed by atoms with E-state index in [-0.39, 0.29) is 5.91 Å². The fourth-order valence-corrected chi connectivity index (χ4v) is 2.37. The van der Waals surface area contributed by atoms with Gasteiger partial charge in [-0.05, 0) is 49.9 Å². The average Bonchev–Trinajstić information content (AvgIpc) is 2.51. The lowest BCUT2D eigenvalue weighted by Crippen LogP contribution is -2.35. The van der Waals surface area contributed by atoms with Crippen LogP contribution in [-0.4, -0.2) is 19.0 Å². The molecule has 1 aromatic carbocycles. The van der Waals surface area contributed by atoms with Crippen molar-refractivity contribution >= 4 is 11.6 Å². The molecule has 0 aliphatic carbocycles. The predicted octanol–water partition coefficient (Wildman–Crippen LogP) is 2.09. The number of anilines is 1. The number of rotatable bonds is 2. The molecule has 0 radical (unpaired) electrons. The first-order valence-electron chi connectivity index (χ1n) is 6.28. The highest BCUT2D eigenvalue weighted by atomic mass is 16.2. The van der Waals surface area contributed by atoms with Crippen LogP contribution in [0.5, 0.6) is 0 Å². The van der Waals surface area contributed by atoms with Gasteiger partial charge in [0.15, 0.2) is 0 Å². The normalized spacial score (nSPS) is 21.4. The van der Waals surface area contributed by atoms with Gasteiger partial charge in [-0.3, -0.25) is 4.79 Å².